The molecule has 1 aliphatic heterocycles. The molecule has 0 bridgehead atoms. The van der Waals surface area contributed by atoms with Crippen LogP contribution in [0.3, 0.4) is 0 Å². The van der Waals surface area contributed by atoms with Crippen LogP contribution in [0.2, 0.25) is 0 Å². The lowest BCUT2D eigenvalue weighted by Gasteiger charge is -2.12. The number of anilines is 1. The van der Waals surface area contributed by atoms with Gasteiger partial charge in [-0.1, -0.05) is 30.3 Å². The Labute approximate surface area is 139 Å². The van der Waals surface area contributed by atoms with Gasteiger partial charge in [0.05, 0.1) is 11.0 Å². The van der Waals surface area contributed by atoms with Crippen molar-refractivity contribution < 1.29 is 14.5 Å². The zero-order valence-electron chi connectivity index (χ0n) is 13.1. The summed E-state index contributed by atoms with van der Waals surface area (Å²) in [7, 11) is 0. The van der Waals surface area contributed by atoms with E-state index in [1.54, 1.807) is 36.4 Å². The average molecular weight is 326 g/mol. The molecular weight excluding hydrogens is 308 g/mol. The maximum absolute atomic E-state index is 12.4. The molecule has 2 aromatic rings. The smallest absolute Gasteiger partial charge is 0.293 e. The summed E-state index contributed by atoms with van der Waals surface area (Å²) < 4.78 is 5.51. The minimum atomic E-state index is -0.473. The fraction of sp³-hybridized carbons (Fsp3) is 0.278. The van der Waals surface area contributed by atoms with Crippen molar-refractivity contribution in [2.45, 2.75) is 18.9 Å². The maximum Gasteiger partial charge on any atom is 0.293 e. The number of nitrogens with one attached hydrogen (secondary N) is 1. The van der Waals surface area contributed by atoms with E-state index in [0.717, 1.165) is 19.4 Å². The third kappa shape index (κ3) is 3.60. The van der Waals surface area contributed by atoms with Crippen LogP contribution < -0.4 is 5.32 Å². The number of carbonyl (C=O) groups is 1. The SMILES string of the molecule is O=C(c1ccccc1)c1ccc(NC[C@@H]2CCCO2)c([N+](=O)[O-])c1. The Kier molecular flexibility index (Phi) is 4.86. The third-order valence-corrected chi connectivity index (χ3v) is 4.04. The van der Waals surface area contributed by atoms with Crippen molar-refractivity contribution in [2.24, 2.45) is 0 Å². The Hall–Kier alpha value is -2.73. The quantitative estimate of drug-likeness (QED) is 0.500. The molecule has 1 aliphatic rings. The van der Waals surface area contributed by atoms with E-state index in [4.69, 9.17) is 4.74 Å². The van der Waals surface area contributed by atoms with E-state index in [1.165, 1.54) is 6.07 Å². The summed E-state index contributed by atoms with van der Waals surface area (Å²) in [6.07, 6.45) is 2.04. The number of hydrogen-bond donors (Lipinski definition) is 1. The normalized spacial score (nSPS) is 16.8. The summed E-state index contributed by atoms with van der Waals surface area (Å²) in [6, 6.07) is 13.3. The highest BCUT2D eigenvalue weighted by Crippen LogP contribution is 2.27. The highest BCUT2D eigenvalue weighted by atomic mass is 16.6. The van der Waals surface area contributed by atoms with E-state index < -0.39 is 4.92 Å². The molecule has 6 nitrogen and oxygen atoms in total. The molecule has 0 amide bonds. The number of hydrogen-bond acceptors (Lipinski definition) is 5. The van der Waals surface area contributed by atoms with Gasteiger partial charge in [-0.3, -0.25) is 14.9 Å². The molecule has 3 rings (SSSR count). The maximum atomic E-state index is 12.4. The van der Waals surface area contributed by atoms with Gasteiger partial charge in [0.15, 0.2) is 5.78 Å². The van der Waals surface area contributed by atoms with E-state index in [-0.39, 0.29) is 17.6 Å². The number of ether oxygens (including phenoxy) is 1. The highest BCUT2D eigenvalue weighted by molar-refractivity contribution is 6.09. The second-order valence-electron chi connectivity index (χ2n) is 5.70. The van der Waals surface area contributed by atoms with Gasteiger partial charge in [0, 0.05) is 30.3 Å². The number of ketones is 1. The zero-order chi connectivity index (χ0) is 16.9. The Balaban J connectivity index is 1.81. The van der Waals surface area contributed by atoms with E-state index in [1.807, 2.05) is 6.07 Å². The number of nitrogens with zero attached hydrogens (tertiary/aromatic N) is 1. The molecule has 0 radical (unpaired) electrons. The monoisotopic (exact) mass is 326 g/mol. The molecule has 0 aromatic heterocycles. The van der Waals surface area contributed by atoms with Crippen molar-refractivity contribution in [2.75, 3.05) is 18.5 Å². The summed E-state index contributed by atoms with van der Waals surface area (Å²) >= 11 is 0. The van der Waals surface area contributed by atoms with Crippen molar-refractivity contribution in [1.29, 1.82) is 0 Å². The highest BCUT2D eigenvalue weighted by Gasteiger charge is 2.20. The molecule has 124 valence electrons. The summed E-state index contributed by atoms with van der Waals surface area (Å²) in [5.41, 5.74) is 1.11. The predicted octanol–water partition coefficient (Wildman–Crippen LogP) is 3.42. The first-order valence-corrected chi connectivity index (χ1v) is 7.89. The molecule has 1 atom stereocenters. The molecule has 0 unspecified atom stereocenters. The lowest BCUT2D eigenvalue weighted by atomic mass is 10.0. The fourth-order valence-electron chi connectivity index (χ4n) is 2.76. The van der Waals surface area contributed by atoms with Gasteiger partial charge in [0.1, 0.15) is 5.69 Å². The molecule has 2 aromatic carbocycles. The first kappa shape index (κ1) is 16.1. The lowest BCUT2D eigenvalue weighted by Crippen LogP contribution is -2.19. The molecular formula is C18H18N2O4. The second-order valence-corrected chi connectivity index (χ2v) is 5.70. The van der Waals surface area contributed by atoms with Gasteiger partial charge in [-0.25, -0.2) is 0 Å². The van der Waals surface area contributed by atoms with Gasteiger partial charge < -0.3 is 10.1 Å². The van der Waals surface area contributed by atoms with Crippen LogP contribution >= 0.6 is 0 Å². The Morgan fingerprint density at radius 3 is 2.67 bits per heavy atom. The van der Waals surface area contributed by atoms with Crippen LogP contribution in [0.15, 0.2) is 48.5 Å². The summed E-state index contributed by atoms with van der Waals surface area (Å²) in [4.78, 5) is 23.3. The van der Waals surface area contributed by atoms with Crippen molar-refractivity contribution in [1.82, 2.24) is 0 Å². The Bertz CT molecular complexity index is 740. The van der Waals surface area contributed by atoms with Crippen molar-refractivity contribution in [3.8, 4) is 0 Å². The van der Waals surface area contributed by atoms with Crippen LogP contribution in [0.4, 0.5) is 11.4 Å². The number of nitro benzene ring substituents is 1. The largest absolute Gasteiger partial charge is 0.377 e. The van der Waals surface area contributed by atoms with Crippen molar-refractivity contribution >= 4 is 17.2 Å². The van der Waals surface area contributed by atoms with Crippen molar-refractivity contribution in [3.05, 3.63) is 69.8 Å². The molecule has 0 spiro atoms. The van der Waals surface area contributed by atoms with E-state index in [2.05, 4.69) is 5.32 Å². The number of benzene rings is 2. The van der Waals surface area contributed by atoms with Crippen LogP contribution in [-0.2, 0) is 4.74 Å². The summed E-state index contributed by atoms with van der Waals surface area (Å²) in [6.45, 7) is 1.26. The van der Waals surface area contributed by atoms with E-state index in [9.17, 15) is 14.9 Å². The van der Waals surface area contributed by atoms with Gasteiger partial charge >= 0.3 is 0 Å². The molecule has 1 heterocycles. The standard InChI is InChI=1S/C18H18N2O4/c21-18(13-5-2-1-3-6-13)14-8-9-16(17(11-14)20(22)23)19-12-15-7-4-10-24-15/h1-3,5-6,8-9,11,15,19H,4,7,10,12H2/t15-/m0/s1. The number of carbonyl (C=O) groups excluding carboxylic acids is 1. The van der Waals surface area contributed by atoms with Crippen LogP contribution in [0.25, 0.3) is 0 Å². The minimum absolute atomic E-state index is 0.0789. The molecule has 24 heavy (non-hydrogen) atoms. The predicted molar refractivity (Wildman–Crippen MR) is 90.4 cm³/mol. The summed E-state index contributed by atoms with van der Waals surface area (Å²) in [5, 5.41) is 14.4. The first-order chi connectivity index (χ1) is 11.6. The minimum Gasteiger partial charge on any atom is -0.377 e. The van der Waals surface area contributed by atoms with Crippen LogP contribution in [0, 0.1) is 10.1 Å². The third-order valence-electron chi connectivity index (χ3n) is 4.04. The molecule has 1 saturated heterocycles. The van der Waals surface area contributed by atoms with Crippen LogP contribution in [0.1, 0.15) is 28.8 Å². The average Bonchev–Trinajstić information content (AvgIpc) is 3.13. The van der Waals surface area contributed by atoms with E-state index in [0.29, 0.717) is 23.4 Å². The summed E-state index contributed by atoms with van der Waals surface area (Å²) in [5.74, 6) is -0.232. The molecule has 0 saturated carbocycles. The van der Waals surface area contributed by atoms with Crippen LogP contribution in [0.5, 0.6) is 0 Å². The van der Waals surface area contributed by atoms with Gasteiger partial charge in [0.25, 0.3) is 5.69 Å². The fourth-order valence-corrected chi connectivity index (χ4v) is 2.76. The Morgan fingerprint density at radius 2 is 2.00 bits per heavy atom. The van der Waals surface area contributed by atoms with Crippen molar-refractivity contribution in [3.63, 3.8) is 0 Å². The van der Waals surface area contributed by atoms with Gasteiger partial charge in [-0.05, 0) is 25.0 Å². The Morgan fingerprint density at radius 1 is 1.21 bits per heavy atom. The zero-order valence-corrected chi connectivity index (χ0v) is 13.1. The molecule has 0 aliphatic carbocycles. The molecule has 1 N–H and O–H groups in total. The van der Waals surface area contributed by atoms with E-state index >= 15 is 0 Å². The van der Waals surface area contributed by atoms with Gasteiger partial charge in [-0.2, -0.15) is 0 Å². The first-order valence-electron chi connectivity index (χ1n) is 7.89. The topological polar surface area (TPSA) is 81.5 Å². The molecule has 1 fully saturated rings. The second kappa shape index (κ2) is 7.23. The number of rotatable bonds is 6. The van der Waals surface area contributed by atoms with Gasteiger partial charge in [0.2, 0.25) is 0 Å². The molecule has 6 heteroatoms. The van der Waals surface area contributed by atoms with Crippen LogP contribution in [-0.4, -0.2) is 30.0 Å². The number of nitro groups is 1. The lowest BCUT2D eigenvalue weighted by molar-refractivity contribution is -0.384. The van der Waals surface area contributed by atoms with Gasteiger partial charge in [-0.15, -0.1) is 0 Å².